The van der Waals surface area contributed by atoms with E-state index in [1.807, 2.05) is 23.5 Å². The summed E-state index contributed by atoms with van der Waals surface area (Å²) in [5, 5.41) is 1.17. The van der Waals surface area contributed by atoms with Crippen LogP contribution in [0.2, 0.25) is 6.55 Å². The highest BCUT2D eigenvalue weighted by molar-refractivity contribution is 6.98. The van der Waals surface area contributed by atoms with Crippen molar-refractivity contribution < 1.29 is 14.6 Å². The van der Waals surface area contributed by atoms with Crippen molar-refractivity contribution in [2.45, 2.75) is 59.1 Å². The van der Waals surface area contributed by atoms with E-state index in [1.165, 1.54) is 11.6 Å². The minimum atomic E-state index is -1.86. The van der Waals surface area contributed by atoms with Gasteiger partial charge in [-0.05, 0) is 36.3 Å². The second kappa shape index (κ2) is 8.36. The van der Waals surface area contributed by atoms with Gasteiger partial charge in [-0.1, -0.05) is 68.9 Å². The summed E-state index contributed by atoms with van der Waals surface area (Å²) in [6.07, 6.45) is 4.37. The molecule has 2 unspecified atom stereocenters. The van der Waals surface area contributed by atoms with Crippen LogP contribution in [0.1, 0.15) is 56.8 Å². The van der Waals surface area contributed by atoms with Gasteiger partial charge in [0, 0.05) is 0 Å². The molecule has 4 heteroatoms. The van der Waals surface area contributed by atoms with E-state index in [-0.39, 0.29) is 11.5 Å². The van der Waals surface area contributed by atoms with Gasteiger partial charge in [0.15, 0.2) is 0 Å². The van der Waals surface area contributed by atoms with Crippen LogP contribution in [-0.2, 0) is 9.78 Å². The standard InChI is InChI=1S/C22H32O3Si/c1-7-26(6,8-2)18-15-13-17(14-16-18)21(23)25-24-20-12-10-9-11-19(20)22(3,4)5/h7-8,13-16,19-20H,1-2,9-12H2,3-6H3. The van der Waals surface area contributed by atoms with Gasteiger partial charge < -0.3 is 0 Å². The third-order valence-corrected chi connectivity index (χ3v) is 8.93. The molecule has 1 aliphatic rings. The quantitative estimate of drug-likeness (QED) is 0.395. The zero-order valence-electron chi connectivity index (χ0n) is 16.6. The Morgan fingerprint density at radius 3 is 2.23 bits per heavy atom. The minimum absolute atomic E-state index is 0.0239. The van der Waals surface area contributed by atoms with Crippen molar-refractivity contribution in [1.29, 1.82) is 0 Å². The number of hydrogen-bond acceptors (Lipinski definition) is 3. The van der Waals surface area contributed by atoms with E-state index in [0.717, 1.165) is 19.3 Å². The Bertz CT molecular complexity index is 634. The molecule has 0 radical (unpaired) electrons. The first-order valence-electron chi connectivity index (χ1n) is 9.46. The smallest absolute Gasteiger partial charge is 0.293 e. The molecular formula is C22H32O3Si. The normalized spacial score (nSPS) is 21.1. The van der Waals surface area contributed by atoms with E-state index in [9.17, 15) is 4.79 Å². The molecule has 2 rings (SSSR count). The molecule has 0 aromatic heterocycles. The molecule has 0 amide bonds. The fraction of sp³-hybridized carbons (Fsp3) is 0.500. The molecule has 1 aromatic rings. The summed E-state index contributed by atoms with van der Waals surface area (Å²) < 4.78 is 0. The highest BCUT2D eigenvalue weighted by Crippen LogP contribution is 2.39. The van der Waals surface area contributed by atoms with Crippen LogP contribution in [0, 0.1) is 11.3 Å². The summed E-state index contributed by atoms with van der Waals surface area (Å²) in [4.78, 5) is 23.2. The summed E-state index contributed by atoms with van der Waals surface area (Å²) in [5.74, 6) is -0.0336. The maximum Gasteiger partial charge on any atom is 0.373 e. The molecule has 0 bridgehead atoms. The van der Waals surface area contributed by atoms with Gasteiger partial charge in [-0.25, -0.2) is 4.79 Å². The Morgan fingerprint density at radius 2 is 1.69 bits per heavy atom. The van der Waals surface area contributed by atoms with Crippen molar-refractivity contribution in [2.24, 2.45) is 11.3 Å². The van der Waals surface area contributed by atoms with E-state index in [1.54, 1.807) is 12.1 Å². The molecule has 1 fully saturated rings. The SMILES string of the molecule is C=C[Si](C)(C=C)c1ccc(C(=O)OOC2CCCCC2C(C)(C)C)cc1. The van der Waals surface area contributed by atoms with E-state index in [4.69, 9.17) is 9.78 Å². The molecule has 0 aliphatic heterocycles. The van der Waals surface area contributed by atoms with Crippen LogP contribution in [0.5, 0.6) is 0 Å². The Hall–Kier alpha value is -1.65. The van der Waals surface area contributed by atoms with E-state index in [2.05, 4.69) is 40.5 Å². The average molecular weight is 373 g/mol. The molecule has 26 heavy (non-hydrogen) atoms. The van der Waals surface area contributed by atoms with Gasteiger partial charge in [0.05, 0.1) is 5.56 Å². The van der Waals surface area contributed by atoms with Crippen LogP contribution in [-0.4, -0.2) is 20.1 Å². The average Bonchev–Trinajstić information content (AvgIpc) is 2.65. The Balaban J connectivity index is 2.01. The fourth-order valence-corrected chi connectivity index (χ4v) is 5.16. The predicted molar refractivity (Wildman–Crippen MR) is 110 cm³/mol. The van der Waals surface area contributed by atoms with Gasteiger partial charge in [0.25, 0.3) is 0 Å². The van der Waals surface area contributed by atoms with Crippen molar-refractivity contribution in [3.63, 3.8) is 0 Å². The number of hydrogen-bond donors (Lipinski definition) is 0. The Kier molecular flexibility index (Phi) is 6.64. The first-order chi connectivity index (χ1) is 12.2. The molecule has 0 N–H and O–H groups in total. The summed E-state index contributed by atoms with van der Waals surface area (Å²) in [5.41, 5.74) is 4.60. The predicted octanol–water partition coefficient (Wildman–Crippen LogP) is 5.12. The Morgan fingerprint density at radius 1 is 1.12 bits per heavy atom. The van der Waals surface area contributed by atoms with E-state index in [0.29, 0.717) is 11.5 Å². The monoisotopic (exact) mass is 372 g/mol. The lowest BCUT2D eigenvalue weighted by Crippen LogP contribution is -2.40. The van der Waals surface area contributed by atoms with Crippen LogP contribution in [0.15, 0.2) is 48.8 Å². The first-order valence-corrected chi connectivity index (χ1v) is 12.1. The van der Waals surface area contributed by atoms with Crippen molar-refractivity contribution in [3.8, 4) is 0 Å². The Labute approximate surface area is 159 Å². The zero-order chi connectivity index (χ0) is 19.4. The van der Waals surface area contributed by atoms with Crippen molar-refractivity contribution in [3.05, 3.63) is 54.4 Å². The molecular weight excluding hydrogens is 340 g/mol. The molecule has 2 atom stereocenters. The topological polar surface area (TPSA) is 35.5 Å². The molecule has 1 aliphatic carbocycles. The van der Waals surface area contributed by atoms with Gasteiger partial charge in [-0.2, -0.15) is 4.89 Å². The summed E-state index contributed by atoms with van der Waals surface area (Å²) >= 11 is 0. The lowest BCUT2D eigenvalue weighted by atomic mass is 9.71. The number of carbonyl (C=O) groups is 1. The fourth-order valence-electron chi connectivity index (χ4n) is 3.64. The van der Waals surface area contributed by atoms with Crippen LogP contribution < -0.4 is 5.19 Å². The van der Waals surface area contributed by atoms with Crippen LogP contribution in [0.25, 0.3) is 0 Å². The lowest BCUT2D eigenvalue weighted by molar-refractivity contribution is -0.297. The molecule has 142 valence electrons. The third-order valence-electron chi connectivity index (χ3n) is 5.65. The van der Waals surface area contributed by atoms with Crippen LogP contribution in [0.3, 0.4) is 0 Å². The highest BCUT2D eigenvalue weighted by atomic mass is 28.3. The van der Waals surface area contributed by atoms with Gasteiger partial charge in [-0.3, -0.25) is 4.89 Å². The molecule has 1 aromatic carbocycles. The highest BCUT2D eigenvalue weighted by Gasteiger charge is 2.36. The molecule has 1 saturated carbocycles. The largest absolute Gasteiger partial charge is 0.373 e. The second-order valence-corrected chi connectivity index (χ2v) is 12.5. The molecule has 3 nitrogen and oxygen atoms in total. The van der Waals surface area contributed by atoms with Crippen LogP contribution in [0.4, 0.5) is 0 Å². The zero-order valence-corrected chi connectivity index (χ0v) is 17.6. The van der Waals surface area contributed by atoms with Gasteiger partial charge in [0.1, 0.15) is 14.2 Å². The van der Waals surface area contributed by atoms with Gasteiger partial charge in [-0.15, -0.1) is 13.2 Å². The molecule has 0 spiro atoms. The van der Waals surface area contributed by atoms with Gasteiger partial charge in [0.2, 0.25) is 0 Å². The van der Waals surface area contributed by atoms with Crippen molar-refractivity contribution in [2.75, 3.05) is 0 Å². The van der Waals surface area contributed by atoms with Crippen molar-refractivity contribution in [1.82, 2.24) is 0 Å². The number of benzene rings is 1. The minimum Gasteiger partial charge on any atom is -0.293 e. The van der Waals surface area contributed by atoms with E-state index >= 15 is 0 Å². The lowest BCUT2D eigenvalue weighted by Gasteiger charge is -2.38. The summed E-state index contributed by atoms with van der Waals surface area (Å²) in [6, 6.07) is 7.51. The molecule has 0 heterocycles. The maximum atomic E-state index is 12.4. The third kappa shape index (κ3) is 4.74. The summed E-state index contributed by atoms with van der Waals surface area (Å²) in [6.45, 7) is 16.7. The first kappa shape index (κ1) is 20.7. The summed E-state index contributed by atoms with van der Waals surface area (Å²) in [7, 11) is -1.86. The van der Waals surface area contributed by atoms with Crippen molar-refractivity contribution >= 4 is 19.2 Å². The van der Waals surface area contributed by atoms with Gasteiger partial charge >= 0.3 is 5.97 Å². The maximum absolute atomic E-state index is 12.4. The number of rotatable bonds is 6. The second-order valence-electron chi connectivity index (χ2n) is 8.53. The van der Waals surface area contributed by atoms with E-state index < -0.39 is 14.0 Å². The molecule has 0 saturated heterocycles. The van der Waals surface area contributed by atoms with Crippen LogP contribution >= 0.6 is 0 Å². The number of carbonyl (C=O) groups excluding carboxylic acids is 1.